The number of rotatable bonds is 5. The highest BCUT2D eigenvalue weighted by Gasteiger charge is 2.41. The second kappa shape index (κ2) is 5.43. The Morgan fingerprint density at radius 1 is 1.39 bits per heavy atom. The first-order chi connectivity index (χ1) is 8.57. The van der Waals surface area contributed by atoms with E-state index in [2.05, 4.69) is 37.5 Å². The molecule has 0 spiro atoms. The number of aromatic nitrogens is 2. The summed E-state index contributed by atoms with van der Waals surface area (Å²) in [5.41, 5.74) is 1.79. The SMILES string of the molecule is CNC(c1cnn(C)c1)C1(CC(C)C)CCCC1. The van der Waals surface area contributed by atoms with Crippen LogP contribution < -0.4 is 5.32 Å². The smallest absolute Gasteiger partial charge is 0.0537 e. The van der Waals surface area contributed by atoms with Crippen LogP contribution in [0.3, 0.4) is 0 Å². The summed E-state index contributed by atoms with van der Waals surface area (Å²) in [7, 11) is 4.10. The van der Waals surface area contributed by atoms with Crippen LogP contribution in [0.15, 0.2) is 12.4 Å². The predicted octanol–water partition coefficient (Wildman–Crippen LogP) is 3.29. The van der Waals surface area contributed by atoms with Gasteiger partial charge in [0.2, 0.25) is 0 Å². The summed E-state index contributed by atoms with van der Waals surface area (Å²) in [6, 6.07) is 0.455. The molecule has 1 aromatic rings. The van der Waals surface area contributed by atoms with E-state index in [1.54, 1.807) is 0 Å². The molecule has 0 aromatic carbocycles. The quantitative estimate of drug-likeness (QED) is 0.868. The summed E-state index contributed by atoms with van der Waals surface area (Å²) in [5.74, 6) is 0.760. The van der Waals surface area contributed by atoms with Crippen molar-refractivity contribution in [1.29, 1.82) is 0 Å². The highest BCUT2D eigenvalue weighted by Crippen LogP contribution is 2.51. The third kappa shape index (κ3) is 2.61. The Morgan fingerprint density at radius 3 is 2.50 bits per heavy atom. The molecule has 1 aliphatic carbocycles. The van der Waals surface area contributed by atoms with Crippen molar-refractivity contribution in [2.24, 2.45) is 18.4 Å². The van der Waals surface area contributed by atoms with Crippen LogP contribution in [0, 0.1) is 11.3 Å². The first-order valence-corrected chi connectivity index (χ1v) is 7.23. The third-order valence-electron chi connectivity index (χ3n) is 4.37. The molecule has 0 bridgehead atoms. The second-order valence-electron chi connectivity index (χ2n) is 6.34. The minimum Gasteiger partial charge on any atom is -0.312 e. The lowest BCUT2D eigenvalue weighted by molar-refractivity contribution is 0.161. The highest BCUT2D eigenvalue weighted by molar-refractivity contribution is 5.16. The topological polar surface area (TPSA) is 29.9 Å². The van der Waals surface area contributed by atoms with Gasteiger partial charge in [0, 0.05) is 24.8 Å². The molecule has 3 nitrogen and oxygen atoms in total. The first-order valence-electron chi connectivity index (χ1n) is 7.23. The van der Waals surface area contributed by atoms with Gasteiger partial charge in [0.15, 0.2) is 0 Å². The van der Waals surface area contributed by atoms with Crippen LogP contribution in [-0.2, 0) is 7.05 Å². The molecule has 1 aromatic heterocycles. The molecule has 1 heterocycles. The average molecular weight is 249 g/mol. The van der Waals surface area contributed by atoms with Gasteiger partial charge in [0.05, 0.1) is 6.20 Å². The van der Waals surface area contributed by atoms with E-state index in [1.807, 2.05) is 17.9 Å². The van der Waals surface area contributed by atoms with E-state index in [4.69, 9.17) is 0 Å². The van der Waals surface area contributed by atoms with Crippen molar-refractivity contribution in [3.63, 3.8) is 0 Å². The van der Waals surface area contributed by atoms with Gasteiger partial charge in [0.1, 0.15) is 0 Å². The largest absolute Gasteiger partial charge is 0.312 e. The molecule has 2 rings (SSSR count). The van der Waals surface area contributed by atoms with Gasteiger partial charge in [-0.25, -0.2) is 0 Å². The van der Waals surface area contributed by atoms with Crippen molar-refractivity contribution in [3.05, 3.63) is 18.0 Å². The number of aryl methyl sites for hydroxylation is 1. The summed E-state index contributed by atoms with van der Waals surface area (Å²) < 4.78 is 1.91. The van der Waals surface area contributed by atoms with Crippen molar-refractivity contribution >= 4 is 0 Å². The Hall–Kier alpha value is -0.830. The van der Waals surface area contributed by atoms with Crippen molar-refractivity contribution < 1.29 is 0 Å². The molecular formula is C15H27N3. The summed E-state index contributed by atoms with van der Waals surface area (Å²) >= 11 is 0. The molecule has 1 aliphatic rings. The van der Waals surface area contributed by atoms with Crippen molar-refractivity contribution in [1.82, 2.24) is 15.1 Å². The van der Waals surface area contributed by atoms with Crippen molar-refractivity contribution in [3.8, 4) is 0 Å². The van der Waals surface area contributed by atoms with Crippen LogP contribution >= 0.6 is 0 Å². The zero-order chi connectivity index (χ0) is 13.2. The Kier molecular flexibility index (Phi) is 4.10. The molecule has 1 unspecified atom stereocenters. The van der Waals surface area contributed by atoms with Gasteiger partial charge < -0.3 is 5.32 Å². The van der Waals surface area contributed by atoms with E-state index in [9.17, 15) is 0 Å². The fourth-order valence-electron chi connectivity index (χ4n) is 3.92. The van der Waals surface area contributed by atoms with Gasteiger partial charge in [-0.3, -0.25) is 4.68 Å². The molecule has 0 aliphatic heterocycles. The zero-order valence-electron chi connectivity index (χ0n) is 12.2. The van der Waals surface area contributed by atoms with Gasteiger partial charge in [-0.1, -0.05) is 26.7 Å². The lowest BCUT2D eigenvalue weighted by Gasteiger charge is -2.38. The van der Waals surface area contributed by atoms with Gasteiger partial charge in [0.25, 0.3) is 0 Å². The van der Waals surface area contributed by atoms with Crippen LogP contribution in [0.2, 0.25) is 0 Å². The fraction of sp³-hybridized carbons (Fsp3) is 0.800. The molecule has 1 saturated carbocycles. The maximum absolute atomic E-state index is 4.34. The number of nitrogens with one attached hydrogen (secondary N) is 1. The fourth-order valence-corrected chi connectivity index (χ4v) is 3.92. The van der Waals surface area contributed by atoms with Gasteiger partial charge in [-0.15, -0.1) is 0 Å². The Balaban J connectivity index is 2.27. The number of hydrogen-bond acceptors (Lipinski definition) is 2. The maximum atomic E-state index is 4.34. The van der Waals surface area contributed by atoms with Gasteiger partial charge >= 0.3 is 0 Å². The molecule has 3 heteroatoms. The predicted molar refractivity (Wildman–Crippen MR) is 75.4 cm³/mol. The summed E-state index contributed by atoms with van der Waals surface area (Å²) in [6.45, 7) is 4.69. The van der Waals surface area contributed by atoms with E-state index in [-0.39, 0.29) is 0 Å². The lowest BCUT2D eigenvalue weighted by atomic mass is 9.71. The van der Waals surface area contributed by atoms with Crippen molar-refractivity contribution in [2.45, 2.75) is 52.0 Å². The molecule has 0 saturated heterocycles. The van der Waals surface area contributed by atoms with E-state index in [1.165, 1.54) is 37.7 Å². The lowest BCUT2D eigenvalue weighted by Crippen LogP contribution is -2.35. The first kappa shape index (κ1) is 13.6. The van der Waals surface area contributed by atoms with E-state index >= 15 is 0 Å². The molecule has 1 fully saturated rings. The van der Waals surface area contributed by atoms with E-state index in [0.717, 1.165) is 5.92 Å². The third-order valence-corrected chi connectivity index (χ3v) is 4.37. The summed E-state index contributed by atoms with van der Waals surface area (Å²) in [4.78, 5) is 0. The van der Waals surface area contributed by atoms with E-state index < -0.39 is 0 Å². The minimum absolute atomic E-state index is 0.436. The molecule has 18 heavy (non-hydrogen) atoms. The summed E-state index contributed by atoms with van der Waals surface area (Å²) in [6.07, 6.45) is 11.0. The standard InChI is InChI=1S/C15H27N3/c1-12(2)9-15(7-5-6-8-15)14(16-3)13-10-17-18(4)11-13/h10-12,14,16H,5-9H2,1-4H3. The monoisotopic (exact) mass is 249 g/mol. The Bertz CT molecular complexity index is 375. The molecule has 1 atom stereocenters. The van der Waals surface area contributed by atoms with Crippen LogP contribution in [0.1, 0.15) is 57.6 Å². The molecular weight excluding hydrogens is 222 g/mol. The van der Waals surface area contributed by atoms with Gasteiger partial charge in [-0.2, -0.15) is 5.10 Å². The average Bonchev–Trinajstić information content (AvgIpc) is 2.89. The van der Waals surface area contributed by atoms with Crippen LogP contribution in [-0.4, -0.2) is 16.8 Å². The molecule has 0 amide bonds. The summed E-state index contributed by atoms with van der Waals surface area (Å²) in [5, 5.41) is 7.91. The Morgan fingerprint density at radius 2 is 2.06 bits per heavy atom. The zero-order valence-corrected chi connectivity index (χ0v) is 12.2. The number of nitrogens with zero attached hydrogens (tertiary/aromatic N) is 2. The second-order valence-corrected chi connectivity index (χ2v) is 6.34. The highest BCUT2D eigenvalue weighted by atomic mass is 15.2. The van der Waals surface area contributed by atoms with Crippen LogP contribution in [0.5, 0.6) is 0 Å². The van der Waals surface area contributed by atoms with Crippen molar-refractivity contribution in [2.75, 3.05) is 7.05 Å². The van der Waals surface area contributed by atoms with Crippen LogP contribution in [0.4, 0.5) is 0 Å². The number of hydrogen-bond donors (Lipinski definition) is 1. The Labute approximate surface area is 111 Å². The molecule has 102 valence electrons. The molecule has 0 radical (unpaired) electrons. The van der Waals surface area contributed by atoms with E-state index in [0.29, 0.717) is 11.5 Å². The maximum Gasteiger partial charge on any atom is 0.0537 e. The normalized spacial score (nSPS) is 20.5. The van der Waals surface area contributed by atoms with Gasteiger partial charge in [-0.05, 0) is 37.6 Å². The molecule has 1 N–H and O–H groups in total. The van der Waals surface area contributed by atoms with Crippen LogP contribution in [0.25, 0.3) is 0 Å². The minimum atomic E-state index is 0.436.